The molecule has 0 aliphatic rings. The van der Waals surface area contributed by atoms with E-state index in [0.717, 1.165) is 20.9 Å². The first-order valence-electron chi connectivity index (χ1n) is 5.81. The van der Waals surface area contributed by atoms with Gasteiger partial charge in [0.2, 0.25) is 0 Å². The zero-order valence-corrected chi connectivity index (χ0v) is 12.2. The molecule has 5 nitrogen and oxygen atoms in total. The highest BCUT2D eigenvalue weighted by molar-refractivity contribution is 9.10. The van der Waals surface area contributed by atoms with Gasteiger partial charge >= 0.3 is 5.97 Å². The molecule has 100 valence electrons. The number of hydrogen-bond acceptors (Lipinski definition) is 5. The number of esters is 1. The number of hydrazine groups is 1. The second-order valence-electron chi connectivity index (χ2n) is 3.98. The van der Waals surface area contributed by atoms with Gasteiger partial charge in [0.15, 0.2) is 0 Å². The van der Waals surface area contributed by atoms with Crippen LogP contribution in [0.3, 0.4) is 0 Å². The summed E-state index contributed by atoms with van der Waals surface area (Å²) in [7, 11) is 0. The Hall–Kier alpha value is -1.66. The summed E-state index contributed by atoms with van der Waals surface area (Å²) in [6, 6.07) is 3.76. The number of pyridine rings is 1. The molecule has 0 bridgehead atoms. The second-order valence-corrected chi connectivity index (χ2v) is 4.83. The van der Waals surface area contributed by atoms with Crippen molar-refractivity contribution in [3.63, 3.8) is 0 Å². The molecule has 0 saturated heterocycles. The highest BCUT2D eigenvalue weighted by Gasteiger charge is 2.17. The Morgan fingerprint density at radius 2 is 2.26 bits per heavy atom. The van der Waals surface area contributed by atoms with Crippen LogP contribution >= 0.6 is 15.9 Å². The van der Waals surface area contributed by atoms with Gasteiger partial charge in [0, 0.05) is 16.1 Å². The SMILES string of the molecule is CCOC(=O)c1cnc2c(C)c(Br)ccc2c1NN. The van der Waals surface area contributed by atoms with Crippen molar-refractivity contribution in [3.05, 3.63) is 33.9 Å². The molecule has 3 N–H and O–H groups in total. The van der Waals surface area contributed by atoms with Crippen molar-refractivity contribution in [1.29, 1.82) is 0 Å². The molecule has 0 spiro atoms. The lowest BCUT2D eigenvalue weighted by Gasteiger charge is -2.12. The van der Waals surface area contributed by atoms with Crippen molar-refractivity contribution >= 4 is 38.5 Å². The van der Waals surface area contributed by atoms with E-state index in [1.54, 1.807) is 6.92 Å². The largest absolute Gasteiger partial charge is 0.462 e. The number of fused-ring (bicyclic) bond motifs is 1. The second kappa shape index (κ2) is 5.54. The minimum absolute atomic E-state index is 0.306. The molecule has 19 heavy (non-hydrogen) atoms. The quantitative estimate of drug-likeness (QED) is 0.516. The number of anilines is 1. The molecule has 1 heterocycles. The van der Waals surface area contributed by atoms with E-state index in [0.29, 0.717) is 17.9 Å². The summed E-state index contributed by atoms with van der Waals surface area (Å²) in [5, 5.41) is 0.786. The first kappa shape index (κ1) is 13.8. The molecule has 0 radical (unpaired) electrons. The fourth-order valence-electron chi connectivity index (χ4n) is 1.90. The van der Waals surface area contributed by atoms with E-state index in [-0.39, 0.29) is 0 Å². The summed E-state index contributed by atoms with van der Waals surface area (Å²) in [5.41, 5.74) is 5.20. The molecule has 1 aromatic carbocycles. The number of nitrogens with zero attached hydrogens (tertiary/aromatic N) is 1. The van der Waals surface area contributed by atoms with Crippen LogP contribution in [0.15, 0.2) is 22.8 Å². The number of benzene rings is 1. The molecule has 0 atom stereocenters. The summed E-state index contributed by atoms with van der Waals surface area (Å²) in [6.07, 6.45) is 1.48. The van der Waals surface area contributed by atoms with E-state index in [2.05, 4.69) is 26.3 Å². The standard InChI is InChI=1S/C13H14BrN3O2/c1-3-19-13(18)9-6-16-11-7(2)10(14)5-4-8(11)12(9)17-15/h4-6H,3,15H2,1-2H3,(H,16,17). The van der Waals surface area contributed by atoms with Crippen LogP contribution in [0.1, 0.15) is 22.8 Å². The van der Waals surface area contributed by atoms with Crippen LogP contribution < -0.4 is 11.3 Å². The van der Waals surface area contributed by atoms with Gasteiger partial charge in [0.1, 0.15) is 5.56 Å². The van der Waals surface area contributed by atoms with Gasteiger partial charge in [0.05, 0.1) is 17.8 Å². The number of aryl methyl sites for hydroxylation is 1. The number of carbonyl (C=O) groups is 1. The molecule has 0 amide bonds. The van der Waals surface area contributed by atoms with Crippen molar-refractivity contribution < 1.29 is 9.53 Å². The van der Waals surface area contributed by atoms with Crippen LogP contribution in [0, 0.1) is 6.92 Å². The van der Waals surface area contributed by atoms with E-state index in [1.807, 2.05) is 19.1 Å². The maximum Gasteiger partial charge on any atom is 0.341 e. The van der Waals surface area contributed by atoms with E-state index < -0.39 is 5.97 Å². The van der Waals surface area contributed by atoms with Gasteiger partial charge in [0.25, 0.3) is 0 Å². The molecule has 0 fully saturated rings. The van der Waals surface area contributed by atoms with Gasteiger partial charge < -0.3 is 10.2 Å². The Balaban J connectivity index is 2.70. The number of halogens is 1. The van der Waals surface area contributed by atoms with Gasteiger partial charge in [-0.2, -0.15) is 0 Å². The van der Waals surface area contributed by atoms with Crippen molar-refractivity contribution in [2.45, 2.75) is 13.8 Å². The van der Waals surface area contributed by atoms with Gasteiger partial charge in [-0.15, -0.1) is 0 Å². The lowest BCUT2D eigenvalue weighted by molar-refractivity contribution is 0.0527. The van der Waals surface area contributed by atoms with Gasteiger partial charge in [-0.3, -0.25) is 10.8 Å². The number of carbonyl (C=O) groups excluding carboxylic acids is 1. The van der Waals surface area contributed by atoms with E-state index in [4.69, 9.17) is 10.6 Å². The maximum absolute atomic E-state index is 11.9. The molecule has 2 rings (SSSR count). The molecule has 2 aromatic rings. The van der Waals surface area contributed by atoms with E-state index in [9.17, 15) is 4.79 Å². The number of hydrogen-bond donors (Lipinski definition) is 2. The molecular weight excluding hydrogens is 310 g/mol. The third kappa shape index (κ3) is 2.41. The average Bonchev–Trinajstić information content (AvgIpc) is 2.41. The van der Waals surface area contributed by atoms with Crippen molar-refractivity contribution in [2.75, 3.05) is 12.0 Å². The summed E-state index contributed by atoms with van der Waals surface area (Å²) < 4.78 is 5.95. The Morgan fingerprint density at radius 3 is 2.89 bits per heavy atom. The summed E-state index contributed by atoms with van der Waals surface area (Å²) in [5.74, 6) is 5.10. The van der Waals surface area contributed by atoms with Gasteiger partial charge in [-0.25, -0.2) is 4.79 Å². The number of ether oxygens (including phenoxy) is 1. The van der Waals surface area contributed by atoms with E-state index >= 15 is 0 Å². The lowest BCUT2D eigenvalue weighted by atomic mass is 10.1. The number of rotatable bonds is 3. The van der Waals surface area contributed by atoms with Crippen molar-refractivity contribution in [3.8, 4) is 0 Å². The normalized spacial score (nSPS) is 10.5. The van der Waals surface area contributed by atoms with Crippen LogP contribution in [0.4, 0.5) is 5.69 Å². The topological polar surface area (TPSA) is 77.2 Å². The Kier molecular flexibility index (Phi) is 4.01. The molecule has 6 heteroatoms. The van der Waals surface area contributed by atoms with Gasteiger partial charge in [-0.05, 0) is 31.5 Å². The molecule has 1 aromatic heterocycles. The van der Waals surface area contributed by atoms with Gasteiger partial charge in [-0.1, -0.05) is 15.9 Å². The smallest absolute Gasteiger partial charge is 0.341 e. The van der Waals surface area contributed by atoms with Crippen LogP contribution in [0.5, 0.6) is 0 Å². The predicted octanol–water partition coefficient (Wildman–Crippen LogP) is 2.77. The lowest BCUT2D eigenvalue weighted by Crippen LogP contribution is -2.15. The molecule has 0 aliphatic heterocycles. The Labute approximate surface area is 119 Å². The number of nitrogens with one attached hydrogen (secondary N) is 1. The average molecular weight is 324 g/mol. The molecule has 0 unspecified atom stereocenters. The third-order valence-electron chi connectivity index (χ3n) is 2.87. The number of nitrogens with two attached hydrogens (primary N) is 1. The summed E-state index contributed by atoms with van der Waals surface area (Å²) in [6.45, 7) is 4.01. The third-order valence-corrected chi connectivity index (χ3v) is 3.73. The maximum atomic E-state index is 11.9. The zero-order valence-electron chi connectivity index (χ0n) is 10.7. The first-order valence-corrected chi connectivity index (χ1v) is 6.61. The zero-order chi connectivity index (χ0) is 14.0. The van der Waals surface area contributed by atoms with Crippen molar-refractivity contribution in [2.24, 2.45) is 5.84 Å². The van der Waals surface area contributed by atoms with Crippen LogP contribution in [0.25, 0.3) is 10.9 Å². The van der Waals surface area contributed by atoms with Crippen LogP contribution in [-0.4, -0.2) is 17.6 Å². The first-order chi connectivity index (χ1) is 9.10. The fraction of sp³-hybridized carbons (Fsp3) is 0.231. The highest BCUT2D eigenvalue weighted by Crippen LogP contribution is 2.31. The summed E-state index contributed by atoms with van der Waals surface area (Å²) >= 11 is 3.45. The minimum atomic E-state index is -0.439. The Bertz CT molecular complexity index is 643. The molecular formula is C13H14BrN3O2. The molecule has 0 aliphatic carbocycles. The number of nitrogen functional groups attached to an aromatic ring is 1. The van der Waals surface area contributed by atoms with Crippen LogP contribution in [-0.2, 0) is 4.74 Å². The predicted molar refractivity (Wildman–Crippen MR) is 77.9 cm³/mol. The Morgan fingerprint density at radius 1 is 1.53 bits per heavy atom. The fourth-order valence-corrected chi connectivity index (χ4v) is 2.22. The molecule has 0 saturated carbocycles. The van der Waals surface area contributed by atoms with Crippen LogP contribution in [0.2, 0.25) is 0 Å². The van der Waals surface area contributed by atoms with Crippen molar-refractivity contribution in [1.82, 2.24) is 4.98 Å². The van der Waals surface area contributed by atoms with E-state index in [1.165, 1.54) is 6.20 Å². The minimum Gasteiger partial charge on any atom is -0.462 e. The summed E-state index contributed by atoms with van der Waals surface area (Å²) in [4.78, 5) is 16.2. The number of aromatic nitrogens is 1. The highest BCUT2D eigenvalue weighted by atomic mass is 79.9. The monoisotopic (exact) mass is 323 g/mol.